The van der Waals surface area contributed by atoms with Crippen molar-refractivity contribution in [3.8, 4) is 0 Å². The summed E-state index contributed by atoms with van der Waals surface area (Å²) in [4.78, 5) is 12.9. The number of benzene rings is 3. The van der Waals surface area contributed by atoms with Crippen molar-refractivity contribution in [2.24, 2.45) is 0 Å². The maximum Gasteiger partial charge on any atom is 0.195 e. The molecule has 3 nitrogen and oxygen atoms in total. The van der Waals surface area contributed by atoms with E-state index in [-0.39, 0.29) is 5.78 Å². The highest BCUT2D eigenvalue weighted by atomic mass is 35.5. The maximum absolute atomic E-state index is 12.9. The van der Waals surface area contributed by atoms with E-state index in [1.807, 2.05) is 36.4 Å². The summed E-state index contributed by atoms with van der Waals surface area (Å²) in [6.45, 7) is 0. The minimum Gasteiger partial charge on any atom is -0.397 e. The van der Waals surface area contributed by atoms with Crippen LogP contribution in [-0.4, -0.2) is 5.78 Å². The first-order chi connectivity index (χ1) is 11.6. The monoisotopic (exact) mass is 356 g/mol. The van der Waals surface area contributed by atoms with Crippen LogP contribution in [-0.2, 0) is 0 Å². The van der Waals surface area contributed by atoms with Gasteiger partial charge in [0.2, 0.25) is 0 Å². The van der Waals surface area contributed by atoms with Crippen LogP contribution in [0.2, 0.25) is 10.0 Å². The van der Waals surface area contributed by atoms with Crippen LogP contribution in [0, 0.1) is 0 Å². The Kier molecular flexibility index (Phi) is 4.74. The number of carbonyl (C=O) groups excluding carboxylic acids is 1. The molecule has 0 bridgehead atoms. The van der Waals surface area contributed by atoms with Crippen molar-refractivity contribution in [1.29, 1.82) is 0 Å². The quantitative estimate of drug-likeness (QED) is 0.475. The van der Waals surface area contributed by atoms with Gasteiger partial charge in [0.05, 0.1) is 22.1 Å². The minimum absolute atomic E-state index is 0.169. The first-order valence-corrected chi connectivity index (χ1v) is 8.02. The first-order valence-electron chi connectivity index (χ1n) is 7.26. The van der Waals surface area contributed by atoms with Crippen molar-refractivity contribution < 1.29 is 4.79 Å². The number of nitrogens with one attached hydrogen (secondary N) is 1. The summed E-state index contributed by atoms with van der Waals surface area (Å²) in [5.41, 5.74) is 8.62. The van der Waals surface area contributed by atoms with Gasteiger partial charge in [-0.1, -0.05) is 65.7 Å². The standard InChI is InChI=1S/C19H14Cl2N2O/c20-13-10-14(19(24)12-6-2-1-3-7-12)18(15(21)11-13)23-17-9-5-4-8-16(17)22/h1-11,23H,22H2. The zero-order valence-electron chi connectivity index (χ0n) is 12.6. The van der Waals surface area contributed by atoms with E-state index in [1.165, 1.54) is 0 Å². The maximum atomic E-state index is 12.9. The fraction of sp³-hybridized carbons (Fsp3) is 0. The van der Waals surface area contributed by atoms with Crippen LogP contribution in [0.25, 0.3) is 0 Å². The molecule has 0 saturated carbocycles. The number of halogens is 2. The summed E-state index contributed by atoms with van der Waals surface area (Å²) >= 11 is 12.4. The first kappa shape index (κ1) is 16.4. The summed E-state index contributed by atoms with van der Waals surface area (Å²) in [6.07, 6.45) is 0. The van der Waals surface area contributed by atoms with E-state index in [0.29, 0.717) is 38.2 Å². The summed E-state index contributed by atoms with van der Waals surface area (Å²) in [5.74, 6) is -0.169. The number of nitrogen functional groups attached to an aromatic ring is 1. The molecular weight excluding hydrogens is 343 g/mol. The van der Waals surface area contributed by atoms with Crippen molar-refractivity contribution in [2.45, 2.75) is 0 Å². The normalized spacial score (nSPS) is 10.4. The van der Waals surface area contributed by atoms with E-state index in [2.05, 4.69) is 5.32 Å². The zero-order chi connectivity index (χ0) is 17.1. The largest absolute Gasteiger partial charge is 0.397 e. The highest BCUT2D eigenvalue weighted by Crippen LogP contribution is 2.35. The Morgan fingerprint density at radius 2 is 1.58 bits per heavy atom. The molecule has 0 saturated heterocycles. The summed E-state index contributed by atoms with van der Waals surface area (Å²) in [5, 5.41) is 3.90. The lowest BCUT2D eigenvalue weighted by Crippen LogP contribution is -2.07. The fourth-order valence-corrected chi connectivity index (χ4v) is 2.91. The van der Waals surface area contributed by atoms with Gasteiger partial charge < -0.3 is 11.1 Å². The molecule has 24 heavy (non-hydrogen) atoms. The van der Waals surface area contributed by atoms with E-state index < -0.39 is 0 Å². The van der Waals surface area contributed by atoms with Gasteiger partial charge in [0, 0.05) is 16.1 Å². The summed E-state index contributed by atoms with van der Waals surface area (Å²) in [7, 11) is 0. The predicted molar refractivity (Wildman–Crippen MR) is 100 cm³/mol. The SMILES string of the molecule is Nc1ccccc1Nc1c(Cl)cc(Cl)cc1C(=O)c1ccccc1. The molecule has 0 aliphatic heterocycles. The molecule has 0 amide bonds. The number of ketones is 1. The number of hydrogen-bond acceptors (Lipinski definition) is 3. The van der Waals surface area contributed by atoms with Gasteiger partial charge in [-0.3, -0.25) is 4.79 Å². The number of para-hydroxylation sites is 2. The Bertz CT molecular complexity index is 895. The second-order valence-electron chi connectivity index (χ2n) is 5.22. The fourth-order valence-electron chi connectivity index (χ4n) is 2.37. The third kappa shape index (κ3) is 3.37. The Morgan fingerprint density at radius 3 is 2.29 bits per heavy atom. The van der Waals surface area contributed by atoms with E-state index in [4.69, 9.17) is 28.9 Å². The molecule has 3 rings (SSSR count). The molecule has 5 heteroatoms. The van der Waals surface area contributed by atoms with Crippen molar-refractivity contribution in [3.63, 3.8) is 0 Å². The van der Waals surface area contributed by atoms with Gasteiger partial charge in [0.25, 0.3) is 0 Å². The number of rotatable bonds is 4. The van der Waals surface area contributed by atoms with E-state index in [9.17, 15) is 4.79 Å². The number of carbonyl (C=O) groups is 1. The molecule has 0 fully saturated rings. The third-order valence-corrected chi connectivity index (χ3v) is 4.07. The summed E-state index contributed by atoms with van der Waals surface area (Å²) in [6, 6.07) is 19.4. The molecule has 0 spiro atoms. The highest BCUT2D eigenvalue weighted by molar-refractivity contribution is 6.38. The van der Waals surface area contributed by atoms with Gasteiger partial charge in [-0.15, -0.1) is 0 Å². The lowest BCUT2D eigenvalue weighted by molar-refractivity contribution is 0.103. The minimum atomic E-state index is -0.169. The molecule has 3 aromatic carbocycles. The predicted octanol–water partition coefficient (Wildman–Crippen LogP) is 5.55. The van der Waals surface area contributed by atoms with Gasteiger partial charge in [0.15, 0.2) is 5.78 Å². The smallest absolute Gasteiger partial charge is 0.195 e. The summed E-state index contributed by atoms with van der Waals surface area (Å²) < 4.78 is 0. The molecule has 3 N–H and O–H groups in total. The van der Waals surface area contributed by atoms with Crippen molar-refractivity contribution in [1.82, 2.24) is 0 Å². The molecule has 3 aromatic rings. The Balaban J connectivity index is 2.09. The average molecular weight is 357 g/mol. The second-order valence-corrected chi connectivity index (χ2v) is 6.06. The van der Waals surface area contributed by atoms with Crippen LogP contribution in [0.1, 0.15) is 15.9 Å². The molecule has 0 aliphatic carbocycles. The van der Waals surface area contributed by atoms with E-state index in [0.717, 1.165) is 0 Å². The van der Waals surface area contributed by atoms with Crippen LogP contribution in [0.4, 0.5) is 17.1 Å². The average Bonchev–Trinajstić information content (AvgIpc) is 2.59. The third-order valence-electron chi connectivity index (χ3n) is 3.56. The van der Waals surface area contributed by atoms with Crippen LogP contribution in [0.15, 0.2) is 66.7 Å². The Hall–Kier alpha value is -2.49. The van der Waals surface area contributed by atoms with Gasteiger partial charge in [0.1, 0.15) is 0 Å². The molecule has 0 heterocycles. The molecule has 0 unspecified atom stereocenters. The molecule has 0 atom stereocenters. The van der Waals surface area contributed by atoms with E-state index in [1.54, 1.807) is 30.3 Å². The number of nitrogens with two attached hydrogens (primary N) is 1. The van der Waals surface area contributed by atoms with Gasteiger partial charge in [-0.25, -0.2) is 0 Å². The van der Waals surface area contributed by atoms with Gasteiger partial charge in [-0.2, -0.15) is 0 Å². The van der Waals surface area contributed by atoms with Crippen molar-refractivity contribution in [2.75, 3.05) is 11.1 Å². The molecule has 0 aromatic heterocycles. The van der Waals surface area contributed by atoms with Crippen LogP contribution >= 0.6 is 23.2 Å². The molecule has 0 aliphatic rings. The lowest BCUT2D eigenvalue weighted by atomic mass is 10.0. The van der Waals surface area contributed by atoms with Crippen LogP contribution in [0.3, 0.4) is 0 Å². The Labute approximate surface area is 150 Å². The number of anilines is 3. The zero-order valence-corrected chi connectivity index (χ0v) is 14.1. The van der Waals surface area contributed by atoms with Crippen LogP contribution < -0.4 is 11.1 Å². The second kappa shape index (κ2) is 6.95. The van der Waals surface area contributed by atoms with Gasteiger partial charge in [-0.05, 0) is 24.3 Å². The highest BCUT2D eigenvalue weighted by Gasteiger charge is 2.18. The Morgan fingerprint density at radius 1 is 0.917 bits per heavy atom. The molecule has 0 radical (unpaired) electrons. The van der Waals surface area contributed by atoms with Crippen molar-refractivity contribution in [3.05, 3.63) is 87.9 Å². The van der Waals surface area contributed by atoms with Gasteiger partial charge >= 0.3 is 0 Å². The van der Waals surface area contributed by atoms with Crippen molar-refractivity contribution >= 4 is 46.0 Å². The topological polar surface area (TPSA) is 55.1 Å². The van der Waals surface area contributed by atoms with E-state index >= 15 is 0 Å². The number of hydrogen-bond donors (Lipinski definition) is 2. The molecule has 120 valence electrons. The lowest BCUT2D eigenvalue weighted by Gasteiger charge is -2.15. The van der Waals surface area contributed by atoms with Crippen LogP contribution in [0.5, 0.6) is 0 Å². The molecular formula is C19H14Cl2N2O.